The smallest absolute Gasteiger partial charge is 0.306 e. The van der Waals surface area contributed by atoms with Crippen LogP contribution in [-0.4, -0.2) is 49.5 Å². The lowest BCUT2D eigenvalue weighted by Crippen LogP contribution is -2.53. The van der Waals surface area contributed by atoms with Crippen molar-refractivity contribution in [3.05, 3.63) is 36.4 Å². The summed E-state index contributed by atoms with van der Waals surface area (Å²) in [5.41, 5.74) is 0.626. The number of carbonyl (C=O) groups is 1. The number of carboxylic acids is 1. The molecule has 1 aliphatic heterocycles. The van der Waals surface area contributed by atoms with Gasteiger partial charge in [-0.3, -0.25) is 4.79 Å². The lowest BCUT2D eigenvalue weighted by molar-refractivity contribution is -0.137. The molecule has 198 valence electrons. The van der Waals surface area contributed by atoms with Crippen molar-refractivity contribution in [3.8, 4) is 11.5 Å². The Labute approximate surface area is 218 Å². The lowest BCUT2D eigenvalue weighted by atomic mass is 9.87. The van der Waals surface area contributed by atoms with E-state index in [4.69, 9.17) is 9.84 Å². The Morgan fingerprint density at radius 2 is 1.78 bits per heavy atom. The van der Waals surface area contributed by atoms with Crippen LogP contribution in [0.4, 0.5) is 11.4 Å². The molecule has 0 saturated carbocycles. The zero-order chi connectivity index (χ0) is 26.3. The van der Waals surface area contributed by atoms with Gasteiger partial charge in [-0.05, 0) is 49.4 Å². The fourth-order valence-corrected chi connectivity index (χ4v) is 6.72. The topological polar surface area (TPSA) is 116 Å². The van der Waals surface area contributed by atoms with E-state index < -0.39 is 21.5 Å². The Morgan fingerprint density at radius 3 is 2.33 bits per heavy atom. The number of rotatable bonds is 12. The number of nitrogens with one attached hydrogen (secondary N) is 1. The first-order chi connectivity index (χ1) is 17.1. The van der Waals surface area contributed by atoms with E-state index in [9.17, 15) is 18.3 Å². The van der Waals surface area contributed by atoms with Gasteiger partial charge in [-0.15, -0.1) is 11.8 Å². The molecule has 36 heavy (non-hydrogen) atoms. The summed E-state index contributed by atoms with van der Waals surface area (Å²) in [5.74, 6) is -0.511. The molecule has 10 heteroatoms. The van der Waals surface area contributed by atoms with Gasteiger partial charge in [0.15, 0.2) is 0 Å². The molecule has 2 aromatic carbocycles. The average molecular weight is 537 g/mol. The molecule has 0 fully saturated rings. The third-order valence-electron chi connectivity index (χ3n) is 6.39. The molecule has 0 aliphatic carbocycles. The van der Waals surface area contributed by atoms with Gasteiger partial charge in [-0.2, -0.15) is 0 Å². The summed E-state index contributed by atoms with van der Waals surface area (Å²) in [5, 5.41) is 18.9. The minimum absolute atomic E-state index is 0.0617. The molecule has 0 atom stereocenters. The molecular formula is C26H36N2O6S2. The van der Waals surface area contributed by atoms with Crippen LogP contribution in [0.3, 0.4) is 0 Å². The van der Waals surface area contributed by atoms with Crippen molar-refractivity contribution in [3.63, 3.8) is 0 Å². The number of phenolic OH excluding ortho intramolecular Hbond substituents is 1. The minimum atomic E-state index is -3.93. The number of nitrogens with zero attached hydrogens (tertiary/aromatic N) is 1. The van der Waals surface area contributed by atoms with E-state index >= 15 is 0 Å². The van der Waals surface area contributed by atoms with Crippen molar-refractivity contribution in [2.75, 3.05) is 24.3 Å². The second-order valence-electron chi connectivity index (χ2n) is 9.16. The molecule has 2 aromatic rings. The monoisotopic (exact) mass is 536 g/mol. The maximum atomic E-state index is 13.9. The van der Waals surface area contributed by atoms with Gasteiger partial charge in [0, 0.05) is 18.3 Å². The quantitative estimate of drug-likeness (QED) is 0.304. The summed E-state index contributed by atoms with van der Waals surface area (Å²) >= 11 is 1.41. The van der Waals surface area contributed by atoms with Crippen LogP contribution in [-0.2, 0) is 14.8 Å². The molecule has 8 nitrogen and oxygen atoms in total. The number of sulfonamides is 1. The van der Waals surface area contributed by atoms with Crippen molar-refractivity contribution in [2.45, 2.75) is 74.1 Å². The molecular weight excluding hydrogens is 500 g/mol. The van der Waals surface area contributed by atoms with Crippen LogP contribution >= 0.6 is 11.8 Å². The number of unbranched alkanes of at least 4 members (excludes halogenated alkanes) is 2. The molecule has 0 bridgehead atoms. The Morgan fingerprint density at radius 1 is 1.14 bits per heavy atom. The Bertz CT molecular complexity index is 1140. The van der Waals surface area contributed by atoms with Gasteiger partial charge in [0.05, 0.1) is 29.1 Å². The van der Waals surface area contributed by atoms with Crippen LogP contribution < -0.4 is 14.4 Å². The van der Waals surface area contributed by atoms with E-state index in [2.05, 4.69) is 18.6 Å². The van der Waals surface area contributed by atoms with Gasteiger partial charge in [-0.25, -0.2) is 13.1 Å². The number of aliphatic carboxylic acids is 1. The molecule has 0 amide bonds. The summed E-state index contributed by atoms with van der Waals surface area (Å²) < 4.78 is 36.5. The fraction of sp³-hybridized carbons (Fsp3) is 0.500. The number of ether oxygens (including phenoxy) is 1. The molecule has 0 aromatic heterocycles. The summed E-state index contributed by atoms with van der Waals surface area (Å²) in [6, 6.07) is 10.1. The first-order valence-electron chi connectivity index (χ1n) is 12.3. The average Bonchev–Trinajstić information content (AvgIpc) is 2.93. The van der Waals surface area contributed by atoms with Crippen molar-refractivity contribution in [1.82, 2.24) is 4.72 Å². The van der Waals surface area contributed by atoms with Gasteiger partial charge in [0.1, 0.15) is 16.4 Å². The number of anilines is 2. The third kappa shape index (κ3) is 6.66. The van der Waals surface area contributed by atoms with E-state index in [1.165, 1.54) is 17.8 Å². The van der Waals surface area contributed by atoms with Gasteiger partial charge >= 0.3 is 5.97 Å². The van der Waals surface area contributed by atoms with Crippen LogP contribution in [0.1, 0.15) is 58.8 Å². The maximum absolute atomic E-state index is 13.9. The Kier molecular flexibility index (Phi) is 9.54. The summed E-state index contributed by atoms with van der Waals surface area (Å²) in [7, 11) is -3.93. The molecule has 3 N–H and O–H groups in total. The fourth-order valence-electron chi connectivity index (χ4n) is 4.52. The van der Waals surface area contributed by atoms with E-state index in [-0.39, 0.29) is 23.7 Å². The molecule has 1 heterocycles. The number of aromatic hydroxyl groups is 1. The predicted molar refractivity (Wildman–Crippen MR) is 143 cm³/mol. The standard InChI is InChI=1S/C26H36N2O6S2/c1-4-6-13-26(14-7-5-2)18-28(19-8-10-20(29)11-9-19)21-16-23(35-3)22(34-15-12-25(30)31)17-24(21)36(32,33)27-26/h8-11,16-17,27,29H,4-7,12-15,18H2,1-3H3,(H,30,31). The zero-order valence-electron chi connectivity index (χ0n) is 21.1. The zero-order valence-corrected chi connectivity index (χ0v) is 22.8. The van der Waals surface area contributed by atoms with Crippen molar-refractivity contribution in [2.24, 2.45) is 0 Å². The van der Waals surface area contributed by atoms with Gasteiger partial charge in [-0.1, -0.05) is 39.5 Å². The highest BCUT2D eigenvalue weighted by Crippen LogP contribution is 2.44. The molecule has 1 aliphatic rings. The predicted octanol–water partition coefficient (Wildman–Crippen LogP) is 5.52. The van der Waals surface area contributed by atoms with Gasteiger partial charge in [0.25, 0.3) is 0 Å². The number of thioether (sulfide) groups is 1. The summed E-state index contributed by atoms with van der Waals surface area (Å²) in [6.07, 6.45) is 6.72. The third-order valence-corrected chi connectivity index (χ3v) is 8.76. The second kappa shape index (κ2) is 12.2. The minimum Gasteiger partial charge on any atom is -0.508 e. The van der Waals surface area contributed by atoms with E-state index in [0.29, 0.717) is 35.7 Å². The van der Waals surface area contributed by atoms with Crippen LogP contribution in [0.2, 0.25) is 0 Å². The number of phenols is 1. The molecule has 3 rings (SSSR count). The Balaban J connectivity index is 2.20. The first-order valence-corrected chi connectivity index (χ1v) is 15.0. The highest BCUT2D eigenvalue weighted by Gasteiger charge is 2.42. The summed E-state index contributed by atoms with van der Waals surface area (Å²) in [4.78, 5) is 13.8. The van der Waals surface area contributed by atoms with Crippen molar-refractivity contribution in [1.29, 1.82) is 0 Å². The maximum Gasteiger partial charge on any atom is 0.306 e. The number of fused-ring (bicyclic) bond motifs is 1. The molecule has 0 unspecified atom stereocenters. The highest BCUT2D eigenvalue weighted by atomic mass is 32.2. The number of carboxylic acid groups (broad SMARTS) is 1. The SMILES string of the molecule is CCCCC1(CCCC)CN(c2ccc(O)cc2)c2cc(SC)c(OCCC(=O)O)cc2S(=O)(=O)N1. The Hall–Kier alpha value is -2.43. The first kappa shape index (κ1) is 28.1. The van der Waals surface area contributed by atoms with Gasteiger partial charge < -0.3 is 19.8 Å². The van der Waals surface area contributed by atoms with Gasteiger partial charge in [0.2, 0.25) is 10.0 Å². The van der Waals surface area contributed by atoms with E-state index in [1.807, 2.05) is 11.2 Å². The van der Waals surface area contributed by atoms with Crippen LogP contribution in [0.15, 0.2) is 46.2 Å². The number of benzene rings is 2. The van der Waals surface area contributed by atoms with Crippen LogP contribution in [0, 0.1) is 0 Å². The summed E-state index contributed by atoms with van der Waals surface area (Å²) in [6.45, 7) is 4.57. The van der Waals surface area contributed by atoms with E-state index in [0.717, 1.165) is 31.4 Å². The molecule has 0 saturated heterocycles. The molecule has 0 radical (unpaired) electrons. The number of hydrogen-bond donors (Lipinski definition) is 3. The highest BCUT2D eigenvalue weighted by molar-refractivity contribution is 7.98. The largest absolute Gasteiger partial charge is 0.508 e. The normalized spacial score (nSPS) is 16.2. The second-order valence-corrected chi connectivity index (χ2v) is 11.7. The van der Waals surface area contributed by atoms with Crippen molar-refractivity contribution < 1.29 is 28.2 Å². The van der Waals surface area contributed by atoms with Crippen molar-refractivity contribution >= 4 is 39.1 Å². The van der Waals surface area contributed by atoms with Crippen LogP contribution in [0.5, 0.6) is 11.5 Å². The molecule has 0 spiro atoms. The van der Waals surface area contributed by atoms with Crippen LogP contribution in [0.25, 0.3) is 0 Å². The lowest BCUT2D eigenvalue weighted by Gasteiger charge is -2.37. The van der Waals surface area contributed by atoms with E-state index in [1.54, 1.807) is 30.3 Å². The number of hydrogen-bond acceptors (Lipinski definition) is 7.